The van der Waals surface area contributed by atoms with Gasteiger partial charge in [0.25, 0.3) is 0 Å². The van der Waals surface area contributed by atoms with Crippen LogP contribution in [0.4, 0.5) is 0 Å². The third-order valence-corrected chi connectivity index (χ3v) is 10.4. The molecule has 0 aliphatic heterocycles. The molecule has 0 aromatic rings. The van der Waals surface area contributed by atoms with E-state index < -0.39 is 0 Å². The molecule has 0 heterocycles. The van der Waals surface area contributed by atoms with Crippen LogP contribution < -0.4 is 0 Å². The van der Waals surface area contributed by atoms with Crippen molar-refractivity contribution < 1.29 is 14.9 Å². The maximum Gasteiger partial charge on any atom is 0.0577 e. The van der Waals surface area contributed by atoms with Crippen molar-refractivity contribution in [3.8, 4) is 0 Å². The summed E-state index contributed by atoms with van der Waals surface area (Å²) in [6.45, 7) is 8.44. The molecule has 4 saturated carbocycles. The zero-order valence-electron chi connectivity index (χ0n) is 18.7. The van der Waals surface area contributed by atoms with Crippen LogP contribution in [0.2, 0.25) is 0 Å². The van der Waals surface area contributed by atoms with E-state index in [9.17, 15) is 10.2 Å². The van der Waals surface area contributed by atoms with Gasteiger partial charge in [0.05, 0.1) is 12.2 Å². The largest absolute Gasteiger partial charge is 0.393 e. The molecule has 3 heteroatoms. The third kappa shape index (κ3) is 3.28. The van der Waals surface area contributed by atoms with E-state index >= 15 is 0 Å². The van der Waals surface area contributed by atoms with Gasteiger partial charge >= 0.3 is 0 Å². The summed E-state index contributed by atoms with van der Waals surface area (Å²) in [5, 5.41) is 21.4. The Labute approximate surface area is 172 Å². The molecule has 4 fully saturated rings. The van der Waals surface area contributed by atoms with Gasteiger partial charge < -0.3 is 14.9 Å². The van der Waals surface area contributed by atoms with Gasteiger partial charge in [0.15, 0.2) is 0 Å². The van der Waals surface area contributed by atoms with Gasteiger partial charge in [-0.1, -0.05) is 20.8 Å². The molecule has 0 aromatic heterocycles. The Hall–Kier alpha value is -0.120. The van der Waals surface area contributed by atoms with Crippen LogP contribution in [0.15, 0.2) is 0 Å². The van der Waals surface area contributed by atoms with Crippen molar-refractivity contribution >= 4 is 0 Å². The van der Waals surface area contributed by atoms with Crippen LogP contribution >= 0.6 is 0 Å². The summed E-state index contributed by atoms with van der Waals surface area (Å²) in [5.74, 6) is 4.18. The predicted octanol–water partition coefficient (Wildman–Crippen LogP) is 5.04. The van der Waals surface area contributed by atoms with Gasteiger partial charge in [0.2, 0.25) is 0 Å². The lowest BCUT2D eigenvalue weighted by molar-refractivity contribution is -0.172. The van der Waals surface area contributed by atoms with Crippen molar-refractivity contribution in [2.24, 2.45) is 46.3 Å². The van der Waals surface area contributed by atoms with Crippen LogP contribution in [0.5, 0.6) is 0 Å². The van der Waals surface area contributed by atoms with Gasteiger partial charge in [-0.3, -0.25) is 0 Å². The van der Waals surface area contributed by atoms with Gasteiger partial charge in [-0.2, -0.15) is 0 Å². The maximum atomic E-state index is 11.1. The van der Waals surface area contributed by atoms with Crippen LogP contribution in [0.25, 0.3) is 0 Å². The molecule has 2 N–H and O–H groups in total. The van der Waals surface area contributed by atoms with Gasteiger partial charge in [-0.15, -0.1) is 0 Å². The first-order chi connectivity index (χ1) is 13.3. The Bertz CT molecular complexity index is 550. The van der Waals surface area contributed by atoms with Gasteiger partial charge in [0.1, 0.15) is 0 Å². The second-order valence-corrected chi connectivity index (χ2v) is 11.6. The van der Waals surface area contributed by atoms with Crippen molar-refractivity contribution in [2.45, 2.75) is 97.2 Å². The van der Waals surface area contributed by atoms with E-state index in [-0.39, 0.29) is 17.6 Å². The van der Waals surface area contributed by atoms with E-state index in [1.807, 2.05) is 7.11 Å². The van der Waals surface area contributed by atoms with E-state index in [1.165, 1.54) is 38.5 Å². The van der Waals surface area contributed by atoms with E-state index in [1.54, 1.807) is 0 Å². The standard InChI is InChI=1S/C25H44O3/c1-16(6-5-13-28-4)19-7-8-20-18-15-23(27)22-14-17(26)9-11-25(22,3)21(18)10-12-24(19,20)2/h16-23,26-27H,5-15H2,1-4H3. The fourth-order valence-corrected chi connectivity index (χ4v) is 9.00. The molecule has 10 atom stereocenters. The topological polar surface area (TPSA) is 49.7 Å². The van der Waals surface area contributed by atoms with Gasteiger partial charge in [-0.05, 0) is 111 Å². The molecular weight excluding hydrogens is 348 g/mol. The van der Waals surface area contributed by atoms with Crippen LogP contribution in [0.1, 0.15) is 85.0 Å². The minimum absolute atomic E-state index is 0.193. The lowest BCUT2D eigenvalue weighted by Gasteiger charge is -2.62. The van der Waals surface area contributed by atoms with Gasteiger partial charge in [-0.25, -0.2) is 0 Å². The van der Waals surface area contributed by atoms with Crippen LogP contribution in [0, 0.1) is 46.3 Å². The van der Waals surface area contributed by atoms with E-state index in [0.29, 0.717) is 17.3 Å². The highest BCUT2D eigenvalue weighted by Crippen LogP contribution is 2.68. The Morgan fingerprint density at radius 1 is 0.929 bits per heavy atom. The van der Waals surface area contributed by atoms with Crippen molar-refractivity contribution in [1.82, 2.24) is 0 Å². The molecular formula is C25H44O3. The minimum atomic E-state index is -0.207. The average Bonchev–Trinajstić information content (AvgIpc) is 3.01. The van der Waals surface area contributed by atoms with Crippen LogP contribution in [-0.2, 0) is 4.74 Å². The molecule has 162 valence electrons. The number of aliphatic hydroxyl groups is 2. The lowest BCUT2D eigenvalue weighted by Crippen LogP contribution is -2.58. The van der Waals surface area contributed by atoms with Crippen LogP contribution in [-0.4, -0.2) is 36.1 Å². The fourth-order valence-electron chi connectivity index (χ4n) is 9.00. The molecule has 0 amide bonds. The SMILES string of the molecule is COCCCC(C)C1CCC2C3CC(O)C4CC(O)CCC4(C)C3CCC12C. The Kier molecular flexibility index (Phi) is 5.92. The molecule has 0 saturated heterocycles. The molecule has 10 unspecified atom stereocenters. The number of hydrogen-bond donors (Lipinski definition) is 2. The number of hydrogen-bond acceptors (Lipinski definition) is 3. The minimum Gasteiger partial charge on any atom is -0.393 e. The second kappa shape index (κ2) is 7.85. The number of ether oxygens (including phenoxy) is 1. The zero-order valence-corrected chi connectivity index (χ0v) is 18.7. The van der Waals surface area contributed by atoms with Crippen molar-refractivity contribution in [2.75, 3.05) is 13.7 Å². The average molecular weight is 393 g/mol. The van der Waals surface area contributed by atoms with Crippen LogP contribution in [0.3, 0.4) is 0 Å². The highest BCUT2D eigenvalue weighted by atomic mass is 16.5. The quantitative estimate of drug-likeness (QED) is 0.645. The van der Waals surface area contributed by atoms with Gasteiger partial charge in [0, 0.05) is 13.7 Å². The number of rotatable bonds is 5. The monoisotopic (exact) mass is 392 g/mol. The smallest absolute Gasteiger partial charge is 0.0577 e. The molecule has 0 spiro atoms. The molecule has 4 aliphatic rings. The van der Waals surface area contributed by atoms with Crippen molar-refractivity contribution in [3.63, 3.8) is 0 Å². The Morgan fingerprint density at radius 3 is 2.39 bits per heavy atom. The Balaban J connectivity index is 1.52. The normalized spacial score (nSPS) is 51.9. The molecule has 0 bridgehead atoms. The molecule has 0 radical (unpaired) electrons. The summed E-state index contributed by atoms with van der Waals surface area (Å²) in [6.07, 6.45) is 11.4. The van der Waals surface area contributed by atoms with E-state index in [4.69, 9.17) is 4.74 Å². The molecule has 0 aromatic carbocycles. The number of methoxy groups -OCH3 is 1. The Morgan fingerprint density at radius 2 is 1.64 bits per heavy atom. The zero-order chi connectivity index (χ0) is 20.1. The maximum absolute atomic E-state index is 11.1. The first-order valence-electron chi connectivity index (χ1n) is 12.2. The third-order valence-electron chi connectivity index (χ3n) is 10.4. The number of fused-ring (bicyclic) bond motifs is 5. The predicted molar refractivity (Wildman–Crippen MR) is 113 cm³/mol. The summed E-state index contributed by atoms with van der Waals surface area (Å²) in [6, 6.07) is 0. The summed E-state index contributed by atoms with van der Waals surface area (Å²) in [7, 11) is 1.81. The van der Waals surface area contributed by atoms with E-state index in [0.717, 1.165) is 56.0 Å². The first kappa shape index (κ1) is 21.1. The molecule has 3 nitrogen and oxygen atoms in total. The van der Waals surface area contributed by atoms with Crippen molar-refractivity contribution in [1.29, 1.82) is 0 Å². The fraction of sp³-hybridized carbons (Fsp3) is 1.00. The van der Waals surface area contributed by atoms with Crippen molar-refractivity contribution in [3.05, 3.63) is 0 Å². The summed E-state index contributed by atoms with van der Waals surface area (Å²) >= 11 is 0. The lowest BCUT2D eigenvalue weighted by atomic mass is 9.44. The highest BCUT2D eigenvalue weighted by molar-refractivity contribution is 5.11. The molecule has 4 rings (SSSR count). The second-order valence-electron chi connectivity index (χ2n) is 11.6. The summed E-state index contributed by atoms with van der Waals surface area (Å²) in [4.78, 5) is 0. The summed E-state index contributed by atoms with van der Waals surface area (Å²) < 4.78 is 5.29. The van der Waals surface area contributed by atoms with E-state index in [2.05, 4.69) is 20.8 Å². The molecule has 4 aliphatic carbocycles. The first-order valence-corrected chi connectivity index (χ1v) is 12.2. The molecule has 28 heavy (non-hydrogen) atoms. The summed E-state index contributed by atoms with van der Waals surface area (Å²) in [5.41, 5.74) is 0.704. The highest BCUT2D eigenvalue weighted by Gasteiger charge is 2.62. The number of aliphatic hydroxyl groups excluding tert-OH is 2.